The number of H-pyrrole nitrogens is 1. The normalized spacial score (nSPS) is 12.9. The monoisotopic (exact) mass is 261 g/mol. The maximum Gasteiger partial charge on any atom is 0.195 e. The molecule has 0 aliphatic rings. The van der Waals surface area contributed by atoms with E-state index in [9.17, 15) is 0 Å². The van der Waals surface area contributed by atoms with Crippen molar-refractivity contribution in [2.24, 2.45) is 0 Å². The molecule has 0 fully saturated rings. The second-order valence-corrected chi connectivity index (χ2v) is 5.35. The van der Waals surface area contributed by atoms with E-state index in [4.69, 9.17) is 12.2 Å². The fourth-order valence-corrected chi connectivity index (χ4v) is 2.32. The molecule has 1 atom stereocenters. The van der Waals surface area contributed by atoms with Crippen LogP contribution in [0.3, 0.4) is 0 Å². The van der Waals surface area contributed by atoms with E-state index in [2.05, 4.69) is 59.8 Å². The lowest BCUT2D eigenvalue weighted by atomic mass is 10.0. The Labute approximate surface area is 113 Å². The summed E-state index contributed by atoms with van der Waals surface area (Å²) >= 11 is 5.31. The molecule has 0 amide bonds. The van der Waals surface area contributed by atoms with Crippen molar-refractivity contribution in [1.82, 2.24) is 14.8 Å². The highest BCUT2D eigenvalue weighted by Crippen LogP contribution is 2.20. The van der Waals surface area contributed by atoms with Gasteiger partial charge in [-0.2, -0.15) is 5.10 Å². The minimum absolute atomic E-state index is 0.376. The quantitative estimate of drug-likeness (QED) is 0.848. The minimum atomic E-state index is 0.376. The molecule has 0 aliphatic carbocycles. The summed E-state index contributed by atoms with van der Waals surface area (Å²) in [6.07, 6.45) is 0. The first kappa shape index (κ1) is 13.0. The molecule has 0 aliphatic heterocycles. The van der Waals surface area contributed by atoms with E-state index in [1.165, 1.54) is 5.56 Å². The average Bonchev–Trinajstić information content (AvgIpc) is 2.72. The SMILES string of the molecule is CC(C)c1n[nH]c(=S)n1CC(C)c1ccccc1. The molecule has 0 bridgehead atoms. The Bertz CT molecular complexity index is 554. The summed E-state index contributed by atoms with van der Waals surface area (Å²) in [6, 6.07) is 10.5. The number of aromatic amines is 1. The molecular formula is C14H19N3S. The molecule has 1 unspecified atom stereocenters. The van der Waals surface area contributed by atoms with Crippen LogP contribution in [0.2, 0.25) is 0 Å². The van der Waals surface area contributed by atoms with E-state index in [1.54, 1.807) is 0 Å². The number of benzene rings is 1. The highest BCUT2D eigenvalue weighted by atomic mass is 32.1. The van der Waals surface area contributed by atoms with Crippen molar-refractivity contribution in [3.8, 4) is 0 Å². The van der Waals surface area contributed by atoms with Gasteiger partial charge in [0.25, 0.3) is 0 Å². The standard InChI is InChI=1S/C14H19N3S/c1-10(2)13-15-16-14(18)17(13)9-11(3)12-7-5-4-6-8-12/h4-8,10-11H,9H2,1-3H3,(H,16,18). The van der Waals surface area contributed by atoms with Crippen molar-refractivity contribution in [2.45, 2.75) is 39.2 Å². The molecule has 4 heteroatoms. The summed E-state index contributed by atoms with van der Waals surface area (Å²) in [5, 5.41) is 7.20. The largest absolute Gasteiger partial charge is 0.303 e. The molecule has 1 aromatic carbocycles. The number of nitrogens with one attached hydrogen (secondary N) is 1. The zero-order valence-electron chi connectivity index (χ0n) is 11.1. The molecule has 0 saturated carbocycles. The molecule has 1 N–H and O–H groups in total. The van der Waals surface area contributed by atoms with Crippen LogP contribution in [0.5, 0.6) is 0 Å². The van der Waals surface area contributed by atoms with Gasteiger partial charge in [-0.25, -0.2) is 0 Å². The van der Waals surface area contributed by atoms with E-state index < -0.39 is 0 Å². The Hall–Kier alpha value is -1.42. The predicted molar refractivity (Wildman–Crippen MR) is 76.4 cm³/mol. The Balaban J connectivity index is 2.24. The Kier molecular flexibility index (Phi) is 3.97. The topological polar surface area (TPSA) is 33.6 Å². The van der Waals surface area contributed by atoms with Gasteiger partial charge >= 0.3 is 0 Å². The minimum Gasteiger partial charge on any atom is -0.303 e. The highest BCUT2D eigenvalue weighted by Gasteiger charge is 2.13. The van der Waals surface area contributed by atoms with Crippen molar-refractivity contribution in [2.75, 3.05) is 0 Å². The van der Waals surface area contributed by atoms with Crippen LogP contribution in [0.1, 0.15) is 44.0 Å². The van der Waals surface area contributed by atoms with E-state index >= 15 is 0 Å². The van der Waals surface area contributed by atoms with Gasteiger partial charge in [-0.15, -0.1) is 0 Å². The van der Waals surface area contributed by atoms with Gasteiger partial charge in [0, 0.05) is 12.5 Å². The summed E-state index contributed by atoms with van der Waals surface area (Å²) in [5.74, 6) is 1.83. The van der Waals surface area contributed by atoms with Gasteiger partial charge in [-0.1, -0.05) is 51.1 Å². The number of rotatable bonds is 4. The first-order valence-corrected chi connectivity index (χ1v) is 6.70. The molecule has 1 aromatic heterocycles. The van der Waals surface area contributed by atoms with Gasteiger partial charge < -0.3 is 4.57 Å². The molecule has 0 spiro atoms. The number of nitrogens with zero attached hydrogens (tertiary/aromatic N) is 2. The van der Waals surface area contributed by atoms with Crippen molar-refractivity contribution in [1.29, 1.82) is 0 Å². The number of hydrogen-bond acceptors (Lipinski definition) is 2. The summed E-state index contributed by atoms with van der Waals surface area (Å²) in [7, 11) is 0. The molecule has 1 heterocycles. The van der Waals surface area contributed by atoms with Crippen LogP contribution in [0.4, 0.5) is 0 Å². The van der Waals surface area contributed by atoms with E-state index in [0.717, 1.165) is 12.4 Å². The molecule has 18 heavy (non-hydrogen) atoms. The number of aromatic nitrogens is 3. The summed E-state index contributed by atoms with van der Waals surface area (Å²) in [5.41, 5.74) is 1.33. The fraction of sp³-hybridized carbons (Fsp3) is 0.429. The van der Waals surface area contributed by atoms with Crippen LogP contribution in [0.25, 0.3) is 0 Å². The summed E-state index contributed by atoms with van der Waals surface area (Å²) < 4.78 is 2.82. The van der Waals surface area contributed by atoms with Gasteiger partial charge in [0.2, 0.25) is 0 Å². The highest BCUT2D eigenvalue weighted by molar-refractivity contribution is 7.71. The van der Waals surface area contributed by atoms with Gasteiger partial charge in [-0.3, -0.25) is 5.10 Å². The molecule has 3 nitrogen and oxygen atoms in total. The molecular weight excluding hydrogens is 242 g/mol. The third kappa shape index (κ3) is 2.70. The first-order chi connectivity index (χ1) is 8.59. The summed E-state index contributed by atoms with van der Waals surface area (Å²) in [4.78, 5) is 0. The van der Waals surface area contributed by atoms with Crippen molar-refractivity contribution >= 4 is 12.2 Å². The molecule has 2 rings (SSSR count). The van der Waals surface area contributed by atoms with Crippen LogP contribution in [-0.4, -0.2) is 14.8 Å². The lowest BCUT2D eigenvalue weighted by molar-refractivity contribution is 0.552. The van der Waals surface area contributed by atoms with Gasteiger partial charge in [0.15, 0.2) is 4.77 Å². The molecule has 0 saturated heterocycles. The lowest BCUT2D eigenvalue weighted by Crippen LogP contribution is -2.11. The van der Waals surface area contributed by atoms with E-state index in [1.807, 2.05) is 6.07 Å². The predicted octanol–water partition coefficient (Wildman–Crippen LogP) is 3.87. The molecule has 96 valence electrons. The van der Waals surface area contributed by atoms with Crippen molar-refractivity contribution in [3.63, 3.8) is 0 Å². The van der Waals surface area contributed by atoms with Crippen LogP contribution in [-0.2, 0) is 6.54 Å². The second kappa shape index (κ2) is 5.48. The van der Waals surface area contributed by atoms with Gasteiger partial charge in [0.05, 0.1) is 0 Å². The average molecular weight is 261 g/mol. The maximum absolute atomic E-state index is 5.31. The van der Waals surface area contributed by atoms with Crippen LogP contribution in [0, 0.1) is 4.77 Å². The zero-order chi connectivity index (χ0) is 13.1. The van der Waals surface area contributed by atoms with Crippen LogP contribution < -0.4 is 0 Å². The molecule has 2 aromatic rings. The van der Waals surface area contributed by atoms with Crippen molar-refractivity contribution in [3.05, 3.63) is 46.5 Å². The third-order valence-corrected chi connectivity index (χ3v) is 3.44. The Morgan fingerprint density at radius 3 is 2.50 bits per heavy atom. The smallest absolute Gasteiger partial charge is 0.195 e. The van der Waals surface area contributed by atoms with Crippen LogP contribution in [0.15, 0.2) is 30.3 Å². The molecule has 0 radical (unpaired) electrons. The van der Waals surface area contributed by atoms with Gasteiger partial charge in [0.1, 0.15) is 5.82 Å². The Morgan fingerprint density at radius 2 is 1.89 bits per heavy atom. The fourth-order valence-electron chi connectivity index (χ4n) is 2.11. The third-order valence-electron chi connectivity index (χ3n) is 3.13. The van der Waals surface area contributed by atoms with E-state index in [0.29, 0.717) is 16.6 Å². The van der Waals surface area contributed by atoms with Gasteiger partial charge in [-0.05, 0) is 23.7 Å². The summed E-state index contributed by atoms with van der Waals surface area (Å²) in [6.45, 7) is 7.35. The van der Waals surface area contributed by atoms with Crippen LogP contribution >= 0.6 is 12.2 Å². The lowest BCUT2D eigenvalue weighted by Gasteiger charge is -2.15. The van der Waals surface area contributed by atoms with E-state index in [-0.39, 0.29) is 0 Å². The number of hydrogen-bond donors (Lipinski definition) is 1. The Morgan fingerprint density at radius 1 is 1.22 bits per heavy atom. The van der Waals surface area contributed by atoms with Crippen molar-refractivity contribution < 1.29 is 0 Å². The second-order valence-electron chi connectivity index (χ2n) is 4.96. The maximum atomic E-state index is 5.31. The first-order valence-electron chi connectivity index (χ1n) is 6.29. The zero-order valence-corrected chi connectivity index (χ0v) is 11.9.